The number of amides is 1. The molecule has 0 aliphatic carbocycles. The third kappa shape index (κ3) is 2.92. The lowest BCUT2D eigenvalue weighted by atomic mass is 10.1. The molecule has 0 aliphatic rings. The number of nitrogens with one attached hydrogen (secondary N) is 1. The third-order valence-electron chi connectivity index (χ3n) is 3.79. The fourth-order valence-electron chi connectivity index (χ4n) is 2.62. The first-order chi connectivity index (χ1) is 10.5. The van der Waals surface area contributed by atoms with Crippen molar-refractivity contribution in [2.24, 2.45) is 7.05 Å². The van der Waals surface area contributed by atoms with Gasteiger partial charge in [0, 0.05) is 34.3 Å². The summed E-state index contributed by atoms with van der Waals surface area (Å²) in [6, 6.07) is 14.0. The molecule has 0 saturated carbocycles. The van der Waals surface area contributed by atoms with E-state index >= 15 is 0 Å². The molecule has 0 spiro atoms. The molecule has 3 rings (SSSR count). The number of nitrogens with zero attached hydrogens (tertiary/aromatic N) is 1. The minimum absolute atomic E-state index is 0.00731. The molecule has 1 aromatic heterocycles. The highest BCUT2D eigenvalue weighted by Gasteiger charge is 2.11. The van der Waals surface area contributed by atoms with Crippen LogP contribution in [0.2, 0.25) is 0 Å². The molecule has 3 nitrogen and oxygen atoms in total. The van der Waals surface area contributed by atoms with Crippen molar-refractivity contribution in [2.45, 2.75) is 13.3 Å². The molecule has 0 unspecified atom stereocenters. The van der Waals surface area contributed by atoms with Gasteiger partial charge in [0.05, 0.1) is 6.42 Å². The lowest BCUT2D eigenvalue weighted by molar-refractivity contribution is -0.115. The number of carbonyl (C=O) groups is 1. The van der Waals surface area contributed by atoms with Crippen LogP contribution in [0.1, 0.15) is 11.1 Å². The predicted molar refractivity (Wildman–Crippen MR) is 94.1 cm³/mol. The van der Waals surface area contributed by atoms with Crippen LogP contribution in [0.5, 0.6) is 0 Å². The fraction of sp³-hybridized carbons (Fsp3) is 0.167. The van der Waals surface area contributed by atoms with Crippen molar-refractivity contribution in [1.29, 1.82) is 0 Å². The van der Waals surface area contributed by atoms with Gasteiger partial charge < -0.3 is 9.88 Å². The Morgan fingerprint density at radius 3 is 2.77 bits per heavy atom. The molecule has 4 heteroatoms. The van der Waals surface area contributed by atoms with Crippen LogP contribution in [0.25, 0.3) is 10.9 Å². The molecule has 0 aliphatic heterocycles. The van der Waals surface area contributed by atoms with E-state index in [1.54, 1.807) is 0 Å². The molecular weight excluding hydrogens is 340 g/mol. The summed E-state index contributed by atoms with van der Waals surface area (Å²) in [7, 11) is 2.00. The van der Waals surface area contributed by atoms with E-state index in [9.17, 15) is 4.79 Å². The van der Waals surface area contributed by atoms with Crippen LogP contribution >= 0.6 is 15.9 Å². The molecule has 1 N–H and O–H groups in total. The number of hydrogen-bond donors (Lipinski definition) is 1. The molecule has 1 amide bonds. The second-order valence-corrected chi connectivity index (χ2v) is 6.33. The highest BCUT2D eigenvalue weighted by atomic mass is 79.9. The molecule has 0 saturated heterocycles. The van der Waals surface area contributed by atoms with E-state index in [1.807, 2.05) is 50.5 Å². The normalized spacial score (nSPS) is 10.9. The number of aryl methyl sites for hydroxylation is 2. The molecule has 0 bridgehead atoms. The van der Waals surface area contributed by atoms with Gasteiger partial charge in [0.15, 0.2) is 0 Å². The number of rotatable bonds is 3. The van der Waals surface area contributed by atoms with Crippen molar-refractivity contribution in [3.8, 4) is 0 Å². The van der Waals surface area contributed by atoms with E-state index in [0.717, 1.165) is 32.2 Å². The van der Waals surface area contributed by atoms with E-state index in [2.05, 4.69) is 37.9 Å². The maximum atomic E-state index is 12.3. The van der Waals surface area contributed by atoms with Crippen LogP contribution in [0.15, 0.2) is 53.1 Å². The number of aromatic nitrogens is 1. The van der Waals surface area contributed by atoms with E-state index in [-0.39, 0.29) is 5.91 Å². The van der Waals surface area contributed by atoms with Gasteiger partial charge in [-0.3, -0.25) is 4.79 Å². The Bertz CT molecular complexity index is 851. The molecule has 112 valence electrons. The summed E-state index contributed by atoms with van der Waals surface area (Å²) < 4.78 is 3.05. The Kier molecular flexibility index (Phi) is 4.03. The predicted octanol–water partition coefficient (Wildman–Crippen LogP) is 4.43. The Morgan fingerprint density at radius 1 is 1.23 bits per heavy atom. The summed E-state index contributed by atoms with van der Waals surface area (Å²) in [5, 5.41) is 4.08. The highest BCUT2D eigenvalue weighted by Crippen LogP contribution is 2.23. The zero-order valence-electron chi connectivity index (χ0n) is 12.6. The first-order valence-electron chi connectivity index (χ1n) is 7.13. The zero-order valence-corrected chi connectivity index (χ0v) is 14.1. The Labute approximate surface area is 138 Å². The number of anilines is 1. The van der Waals surface area contributed by atoms with Crippen LogP contribution in [0.3, 0.4) is 0 Å². The van der Waals surface area contributed by atoms with Gasteiger partial charge in [-0.1, -0.05) is 40.2 Å². The lowest BCUT2D eigenvalue weighted by Crippen LogP contribution is -2.14. The SMILES string of the molecule is Cc1ccc(NC(=O)Cc2cn(C)c3ccccc23)cc1Br. The van der Waals surface area contributed by atoms with Gasteiger partial charge in [0.1, 0.15) is 0 Å². The van der Waals surface area contributed by atoms with Gasteiger partial charge in [-0.15, -0.1) is 0 Å². The third-order valence-corrected chi connectivity index (χ3v) is 4.64. The maximum absolute atomic E-state index is 12.3. The highest BCUT2D eigenvalue weighted by molar-refractivity contribution is 9.10. The first-order valence-corrected chi connectivity index (χ1v) is 7.93. The molecule has 3 aromatic rings. The van der Waals surface area contributed by atoms with Gasteiger partial charge >= 0.3 is 0 Å². The molecule has 0 atom stereocenters. The van der Waals surface area contributed by atoms with Crippen LogP contribution in [-0.2, 0) is 18.3 Å². The van der Waals surface area contributed by atoms with Crippen LogP contribution in [0, 0.1) is 6.92 Å². The van der Waals surface area contributed by atoms with Gasteiger partial charge in [-0.25, -0.2) is 0 Å². The maximum Gasteiger partial charge on any atom is 0.228 e. The number of carbonyl (C=O) groups excluding carboxylic acids is 1. The van der Waals surface area contributed by atoms with Crippen molar-refractivity contribution in [3.05, 3.63) is 64.3 Å². The van der Waals surface area contributed by atoms with Crippen LogP contribution in [-0.4, -0.2) is 10.5 Å². The summed E-state index contributed by atoms with van der Waals surface area (Å²) in [6.45, 7) is 2.02. The van der Waals surface area contributed by atoms with Crippen molar-refractivity contribution < 1.29 is 4.79 Å². The number of halogens is 1. The van der Waals surface area contributed by atoms with Gasteiger partial charge in [-0.2, -0.15) is 0 Å². The second kappa shape index (κ2) is 5.97. The van der Waals surface area contributed by atoms with Crippen molar-refractivity contribution in [1.82, 2.24) is 4.57 Å². The first kappa shape index (κ1) is 14.9. The Hall–Kier alpha value is -2.07. The summed E-state index contributed by atoms with van der Waals surface area (Å²) in [5.41, 5.74) is 4.14. The molecular formula is C18H17BrN2O. The van der Waals surface area contributed by atoms with Gasteiger partial charge in [0.25, 0.3) is 0 Å². The summed E-state index contributed by atoms with van der Waals surface area (Å²) >= 11 is 3.48. The van der Waals surface area contributed by atoms with Crippen LogP contribution < -0.4 is 5.32 Å². The molecule has 1 heterocycles. The Morgan fingerprint density at radius 2 is 2.00 bits per heavy atom. The number of hydrogen-bond acceptors (Lipinski definition) is 1. The summed E-state index contributed by atoms with van der Waals surface area (Å²) in [5.74, 6) is -0.00731. The van der Waals surface area contributed by atoms with Crippen molar-refractivity contribution >= 4 is 38.4 Å². The van der Waals surface area contributed by atoms with E-state index < -0.39 is 0 Å². The number of para-hydroxylation sites is 1. The average molecular weight is 357 g/mol. The van der Waals surface area contributed by atoms with Crippen molar-refractivity contribution in [2.75, 3.05) is 5.32 Å². The monoisotopic (exact) mass is 356 g/mol. The topological polar surface area (TPSA) is 34.0 Å². The molecule has 22 heavy (non-hydrogen) atoms. The minimum Gasteiger partial charge on any atom is -0.350 e. The van der Waals surface area contributed by atoms with Gasteiger partial charge in [0.2, 0.25) is 5.91 Å². The lowest BCUT2D eigenvalue weighted by Gasteiger charge is -2.06. The van der Waals surface area contributed by atoms with Gasteiger partial charge in [-0.05, 0) is 36.2 Å². The number of fused-ring (bicyclic) bond motifs is 1. The smallest absolute Gasteiger partial charge is 0.228 e. The summed E-state index contributed by atoms with van der Waals surface area (Å²) in [4.78, 5) is 12.3. The molecule has 0 fully saturated rings. The zero-order chi connectivity index (χ0) is 15.7. The minimum atomic E-state index is -0.00731. The number of benzene rings is 2. The van der Waals surface area contributed by atoms with E-state index in [4.69, 9.17) is 0 Å². The molecule has 0 radical (unpaired) electrons. The van der Waals surface area contributed by atoms with Crippen molar-refractivity contribution in [3.63, 3.8) is 0 Å². The van der Waals surface area contributed by atoms with E-state index in [0.29, 0.717) is 6.42 Å². The standard InChI is InChI=1S/C18H17BrN2O/c1-12-7-8-14(10-16(12)19)20-18(22)9-13-11-21(2)17-6-4-3-5-15(13)17/h3-8,10-11H,9H2,1-2H3,(H,20,22). The Balaban J connectivity index is 1.80. The largest absolute Gasteiger partial charge is 0.350 e. The average Bonchev–Trinajstić information content (AvgIpc) is 2.80. The fourth-order valence-corrected chi connectivity index (χ4v) is 2.99. The quantitative estimate of drug-likeness (QED) is 0.739. The van der Waals surface area contributed by atoms with E-state index in [1.165, 1.54) is 0 Å². The summed E-state index contributed by atoms with van der Waals surface area (Å²) in [6.07, 6.45) is 2.39. The van der Waals surface area contributed by atoms with Crippen LogP contribution in [0.4, 0.5) is 5.69 Å². The second-order valence-electron chi connectivity index (χ2n) is 5.47. The molecule has 2 aromatic carbocycles.